The average molecular weight is 396 g/mol. The van der Waals surface area contributed by atoms with Gasteiger partial charge in [-0.1, -0.05) is 39.8 Å². The number of benzene rings is 1. The van der Waals surface area contributed by atoms with Gasteiger partial charge < -0.3 is 5.32 Å². The molecule has 1 heterocycles. The van der Waals surface area contributed by atoms with E-state index >= 15 is 0 Å². The zero-order valence-electron chi connectivity index (χ0n) is 17.2. The highest BCUT2D eigenvalue weighted by molar-refractivity contribution is 7.89. The molecule has 152 valence electrons. The van der Waals surface area contributed by atoms with Crippen LogP contribution in [0, 0.1) is 0 Å². The first kappa shape index (κ1) is 21.9. The summed E-state index contributed by atoms with van der Waals surface area (Å²) in [7, 11) is -3.50. The van der Waals surface area contributed by atoms with Gasteiger partial charge in [0.15, 0.2) is 0 Å². The van der Waals surface area contributed by atoms with Crippen LogP contribution in [0.2, 0.25) is 0 Å². The lowest BCUT2D eigenvalue weighted by molar-refractivity contribution is -0.126. The maximum atomic E-state index is 12.9. The van der Waals surface area contributed by atoms with Gasteiger partial charge in [-0.2, -0.15) is 4.31 Å². The highest BCUT2D eigenvalue weighted by Crippen LogP contribution is 2.25. The van der Waals surface area contributed by atoms with Crippen molar-refractivity contribution in [2.75, 3.05) is 32.7 Å². The maximum Gasteiger partial charge on any atom is 0.243 e. The molecule has 1 saturated heterocycles. The Morgan fingerprint density at radius 3 is 2.15 bits per heavy atom. The first-order valence-corrected chi connectivity index (χ1v) is 11.1. The highest BCUT2D eigenvalue weighted by atomic mass is 32.2. The Labute approximate surface area is 164 Å². The van der Waals surface area contributed by atoms with E-state index in [1.807, 2.05) is 30.9 Å². The minimum Gasteiger partial charge on any atom is -0.355 e. The Morgan fingerprint density at radius 2 is 1.67 bits per heavy atom. The summed E-state index contributed by atoms with van der Waals surface area (Å²) in [5.41, 5.74) is 1.10. The Balaban J connectivity index is 2.01. The number of amides is 1. The second-order valence-corrected chi connectivity index (χ2v) is 10.1. The number of nitrogens with one attached hydrogen (secondary N) is 1. The molecule has 0 aliphatic carbocycles. The van der Waals surface area contributed by atoms with E-state index < -0.39 is 10.0 Å². The monoisotopic (exact) mass is 395 g/mol. The zero-order valence-corrected chi connectivity index (χ0v) is 18.0. The molecule has 1 fully saturated rings. The SMILES string of the molecule is CCCNC(=O)C(C)N1CCN(S(=O)(=O)c2ccc(C(C)(C)C)cc2)CC1. The highest BCUT2D eigenvalue weighted by Gasteiger charge is 2.31. The topological polar surface area (TPSA) is 69.7 Å². The summed E-state index contributed by atoms with van der Waals surface area (Å²) in [6.45, 7) is 12.8. The molecule has 0 radical (unpaired) electrons. The van der Waals surface area contributed by atoms with Crippen molar-refractivity contribution in [2.45, 2.75) is 57.4 Å². The molecule has 6 nitrogen and oxygen atoms in total. The van der Waals surface area contributed by atoms with Gasteiger partial charge in [-0.15, -0.1) is 0 Å². The van der Waals surface area contributed by atoms with Crippen molar-refractivity contribution in [3.05, 3.63) is 29.8 Å². The maximum absolute atomic E-state index is 12.9. The van der Waals surface area contributed by atoms with Gasteiger partial charge in [0.2, 0.25) is 15.9 Å². The van der Waals surface area contributed by atoms with Crippen LogP contribution in [0.5, 0.6) is 0 Å². The Kier molecular flexibility index (Phi) is 7.05. The largest absolute Gasteiger partial charge is 0.355 e. The third-order valence-electron chi connectivity index (χ3n) is 5.11. The number of nitrogens with zero attached hydrogens (tertiary/aromatic N) is 2. The van der Waals surface area contributed by atoms with Crippen molar-refractivity contribution in [3.8, 4) is 0 Å². The molecule has 1 amide bonds. The molecule has 1 aliphatic heterocycles. The molecule has 1 aromatic rings. The van der Waals surface area contributed by atoms with Crippen LogP contribution in [0.4, 0.5) is 0 Å². The summed E-state index contributed by atoms with van der Waals surface area (Å²) in [5.74, 6) is 0.00549. The van der Waals surface area contributed by atoms with Gasteiger partial charge in [-0.3, -0.25) is 9.69 Å². The predicted octanol–water partition coefficient (Wildman–Crippen LogP) is 2.21. The molecular weight excluding hydrogens is 362 g/mol. The second-order valence-electron chi connectivity index (χ2n) is 8.18. The van der Waals surface area contributed by atoms with Crippen LogP contribution < -0.4 is 5.32 Å². The third-order valence-corrected chi connectivity index (χ3v) is 7.02. The van der Waals surface area contributed by atoms with Crippen LogP contribution in [0.3, 0.4) is 0 Å². The predicted molar refractivity (Wildman–Crippen MR) is 108 cm³/mol. The smallest absolute Gasteiger partial charge is 0.243 e. The summed E-state index contributed by atoms with van der Waals surface area (Å²) < 4.78 is 27.4. The summed E-state index contributed by atoms with van der Waals surface area (Å²) in [4.78, 5) is 14.5. The van der Waals surface area contributed by atoms with Crippen molar-refractivity contribution >= 4 is 15.9 Å². The minimum atomic E-state index is -3.50. The molecule has 1 aromatic carbocycles. The van der Waals surface area contributed by atoms with Crippen molar-refractivity contribution in [1.29, 1.82) is 0 Å². The third kappa shape index (κ3) is 5.30. The molecule has 0 spiro atoms. The summed E-state index contributed by atoms with van der Waals surface area (Å²) in [6, 6.07) is 6.94. The van der Waals surface area contributed by atoms with Gasteiger partial charge in [-0.05, 0) is 36.5 Å². The van der Waals surface area contributed by atoms with Gasteiger partial charge >= 0.3 is 0 Å². The van der Waals surface area contributed by atoms with Crippen LogP contribution >= 0.6 is 0 Å². The average Bonchev–Trinajstić information content (AvgIpc) is 2.65. The lowest BCUT2D eigenvalue weighted by atomic mass is 9.87. The molecule has 1 N–H and O–H groups in total. The summed E-state index contributed by atoms with van der Waals surface area (Å²) >= 11 is 0. The molecule has 7 heteroatoms. The Morgan fingerprint density at radius 1 is 1.11 bits per heavy atom. The fourth-order valence-corrected chi connectivity index (χ4v) is 4.59. The van der Waals surface area contributed by atoms with Gasteiger partial charge in [0.25, 0.3) is 0 Å². The number of carbonyl (C=O) groups excluding carboxylic acids is 1. The van der Waals surface area contributed by atoms with Crippen molar-refractivity contribution < 1.29 is 13.2 Å². The summed E-state index contributed by atoms with van der Waals surface area (Å²) in [5, 5.41) is 2.90. The van der Waals surface area contributed by atoms with Crippen molar-refractivity contribution in [3.63, 3.8) is 0 Å². The quantitative estimate of drug-likeness (QED) is 0.802. The van der Waals surface area contributed by atoms with E-state index in [1.54, 1.807) is 12.1 Å². The minimum absolute atomic E-state index is 0.00549. The molecule has 2 rings (SSSR count). The fourth-order valence-electron chi connectivity index (χ4n) is 3.17. The first-order valence-electron chi connectivity index (χ1n) is 9.70. The van der Waals surface area contributed by atoms with E-state index in [0.29, 0.717) is 37.6 Å². The van der Waals surface area contributed by atoms with Crippen molar-refractivity contribution in [1.82, 2.24) is 14.5 Å². The van der Waals surface area contributed by atoms with Crippen LogP contribution in [0.15, 0.2) is 29.2 Å². The second kappa shape index (κ2) is 8.71. The first-order chi connectivity index (χ1) is 12.6. The number of hydrogen-bond donors (Lipinski definition) is 1. The fraction of sp³-hybridized carbons (Fsp3) is 0.650. The lowest BCUT2D eigenvalue weighted by Crippen LogP contribution is -2.54. The molecule has 27 heavy (non-hydrogen) atoms. The van der Waals surface area contributed by atoms with Crippen LogP contribution in [0.25, 0.3) is 0 Å². The van der Waals surface area contributed by atoms with E-state index in [9.17, 15) is 13.2 Å². The van der Waals surface area contributed by atoms with Gasteiger partial charge in [-0.25, -0.2) is 8.42 Å². The molecule has 0 saturated carbocycles. The number of carbonyl (C=O) groups is 1. The van der Waals surface area contributed by atoms with E-state index in [4.69, 9.17) is 0 Å². The van der Waals surface area contributed by atoms with E-state index in [2.05, 4.69) is 26.1 Å². The van der Waals surface area contributed by atoms with Gasteiger partial charge in [0.05, 0.1) is 10.9 Å². The number of piperazine rings is 1. The molecule has 1 unspecified atom stereocenters. The standard InChI is InChI=1S/C20H33N3O3S/c1-6-11-21-19(24)16(2)22-12-14-23(15-13-22)27(25,26)18-9-7-17(8-10-18)20(3,4)5/h7-10,16H,6,11-15H2,1-5H3,(H,21,24). The van der Waals surface area contributed by atoms with Gasteiger partial charge in [0, 0.05) is 32.7 Å². The Bertz CT molecular complexity index is 731. The summed E-state index contributed by atoms with van der Waals surface area (Å²) in [6.07, 6.45) is 0.901. The normalized spacial score (nSPS) is 18.3. The Hall–Kier alpha value is -1.44. The van der Waals surface area contributed by atoms with Crippen LogP contribution in [0.1, 0.15) is 46.6 Å². The molecule has 1 atom stereocenters. The van der Waals surface area contributed by atoms with E-state index in [1.165, 1.54) is 4.31 Å². The molecular formula is C20H33N3O3S. The molecule has 0 bridgehead atoms. The van der Waals surface area contributed by atoms with Crippen LogP contribution in [-0.2, 0) is 20.2 Å². The van der Waals surface area contributed by atoms with E-state index in [0.717, 1.165) is 12.0 Å². The number of hydrogen-bond acceptors (Lipinski definition) is 4. The molecule has 1 aliphatic rings. The molecule has 0 aromatic heterocycles. The lowest BCUT2D eigenvalue weighted by Gasteiger charge is -2.36. The number of sulfonamides is 1. The number of rotatable bonds is 6. The van der Waals surface area contributed by atoms with Gasteiger partial charge in [0.1, 0.15) is 0 Å². The zero-order chi connectivity index (χ0) is 20.2. The van der Waals surface area contributed by atoms with E-state index in [-0.39, 0.29) is 17.4 Å². The van der Waals surface area contributed by atoms with Crippen molar-refractivity contribution in [2.24, 2.45) is 0 Å². The van der Waals surface area contributed by atoms with Crippen LogP contribution in [-0.4, -0.2) is 62.3 Å².